The highest BCUT2D eigenvalue weighted by molar-refractivity contribution is 5.91. The fourth-order valence-corrected chi connectivity index (χ4v) is 11.9. The van der Waals surface area contributed by atoms with E-state index in [0.717, 1.165) is 17.3 Å². The second kappa shape index (κ2) is 12.7. The van der Waals surface area contributed by atoms with Crippen LogP contribution in [0.4, 0.5) is 17.1 Å². The normalized spacial score (nSPS) is 22.4. The minimum atomic E-state index is -0.0845. The molecule has 3 bridgehead atoms. The van der Waals surface area contributed by atoms with E-state index in [4.69, 9.17) is 0 Å². The van der Waals surface area contributed by atoms with Crippen molar-refractivity contribution >= 4 is 17.1 Å². The van der Waals surface area contributed by atoms with Crippen LogP contribution < -0.4 is 4.90 Å². The summed E-state index contributed by atoms with van der Waals surface area (Å²) in [4.78, 5) is 2.45. The van der Waals surface area contributed by atoms with Gasteiger partial charge in [-0.25, -0.2) is 0 Å². The molecule has 0 amide bonds. The lowest BCUT2D eigenvalue weighted by atomic mass is 9.41. The van der Waals surface area contributed by atoms with Gasteiger partial charge in [-0.3, -0.25) is 0 Å². The molecule has 5 aliphatic carbocycles. The predicted octanol–water partition coefficient (Wildman–Crippen LogP) is 15.1. The second-order valence-electron chi connectivity index (χ2n) is 18.1. The number of hydrogen-bond donors (Lipinski definition) is 0. The predicted molar refractivity (Wildman–Crippen MR) is 235 cm³/mol. The molecule has 1 unspecified atom stereocenters. The van der Waals surface area contributed by atoms with Crippen LogP contribution in [0.15, 0.2) is 170 Å². The fourth-order valence-electron chi connectivity index (χ4n) is 11.9. The summed E-state index contributed by atoms with van der Waals surface area (Å²) in [5.41, 5.74) is 19.0. The topological polar surface area (TPSA) is 3.24 Å². The first-order valence-electron chi connectivity index (χ1n) is 20.9. The summed E-state index contributed by atoms with van der Waals surface area (Å²) in [6.45, 7) is 4.73. The molecule has 12 rings (SSSR count). The third-order valence-corrected chi connectivity index (χ3v) is 14.4. The van der Waals surface area contributed by atoms with Crippen molar-refractivity contribution in [2.24, 2.45) is 11.3 Å². The van der Waals surface area contributed by atoms with Gasteiger partial charge in [-0.15, -0.1) is 0 Å². The van der Waals surface area contributed by atoms with Crippen LogP contribution in [0.3, 0.4) is 0 Å². The summed E-state index contributed by atoms with van der Waals surface area (Å²) in [6.07, 6.45) is 10.1. The van der Waals surface area contributed by atoms with Crippen LogP contribution in [0.1, 0.15) is 75.5 Å². The highest BCUT2D eigenvalue weighted by atomic mass is 15.1. The first-order chi connectivity index (χ1) is 27.4. The number of benzene rings is 7. The molecule has 274 valence electrons. The first kappa shape index (κ1) is 33.7. The Morgan fingerprint density at radius 3 is 1.75 bits per heavy atom. The van der Waals surface area contributed by atoms with E-state index in [1.165, 1.54) is 106 Å². The molecule has 4 fully saturated rings. The van der Waals surface area contributed by atoms with Crippen molar-refractivity contribution in [2.75, 3.05) is 4.90 Å². The van der Waals surface area contributed by atoms with E-state index in [1.54, 1.807) is 5.56 Å². The van der Waals surface area contributed by atoms with E-state index in [0.29, 0.717) is 10.8 Å². The average molecular weight is 724 g/mol. The van der Waals surface area contributed by atoms with Gasteiger partial charge in [-0.2, -0.15) is 0 Å². The van der Waals surface area contributed by atoms with Crippen molar-refractivity contribution in [3.63, 3.8) is 0 Å². The Morgan fingerprint density at radius 1 is 0.464 bits per heavy atom. The lowest BCUT2D eigenvalue weighted by molar-refractivity contribution is -0.0892. The van der Waals surface area contributed by atoms with E-state index >= 15 is 0 Å². The maximum absolute atomic E-state index is 2.47. The third kappa shape index (κ3) is 5.35. The van der Waals surface area contributed by atoms with Gasteiger partial charge in [0.1, 0.15) is 0 Å². The fraction of sp³-hybridized carbons (Fsp3) is 0.236. The summed E-state index contributed by atoms with van der Waals surface area (Å²) >= 11 is 0. The molecule has 56 heavy (non-hydrogen) atoms. The van der Waals surface area contributed by atoms with Gasteiger partial charge in [-0.05, 0) is 141 Å². The summed E-state index contributed by atoms with van der Waals surface area (Å²) in [5.74, 6) is 0.975. The second-order valence-corrected chi connectivity index (χ2v) is 18.1. The van der Waals surface area contributed by atoms with Gasteiger partial charge in [-0.1, -0.05) is 160 Å². The lowest BCUT2D eigenvalue weighted by Gasteiger charge is -2.64. The largest absolute Gasteiger partial charge is 0.310 e. The van der Waals surface area contributed by atoms with Crippen LogP contribution >= 0.6 is 0 Å². The number of para-hydroxylation sites is 1. The Hall–Kier alpha value is -5.66. The first-order valence-corrected chi connectivity index (χ1v) is 20.9. The molecule has 1 atom stereocenters. The van der Waals surface area contributed by atoms with Gasteiger partial charge in [0, 0.05) is 22.4 Å². The maximum Gasteiger partial charge on any atom is 0.0540 e. The summed E-state index contributed by atoms with van der Waals surface area (Å²) in [5, 5.41) is 0. The van der Waals surface area contributed by atoms with Crippen LogP contribution in [0.5, 0.6) is 0 Å². The average Bonchev–Trinajstić information content (AvgIpc) is 3.46. The Kier molecular flexibility index (Phi) is 7.62. The summed E-state index contributed by atoms with van der Waals surface area (Å²) < 4.78 is 0. The molecular weight excluding hydrogens is 675 g/mol. The molecule has 1 nitrogen and oxygen atoms in total. The summed E-state index contributed by atoms with van der Waals surface area (Å²) in [7, 11) is 0. The van der Waals surface area contributed by atoms with Crippen molar-refractivity contribution in [1.29, 1.82) is 0 Å². The van der Waals surface area contributed by atoms with Gasteiger partial charge in [0.15, 0.2) is 0 Å². The molecular formula is C55H49N. The zero-order chi connectivity index (χ0) is 37.5. The molecule has 0 aromatic heterocycles. The molecule has 0 aliphatic heterocycles. The standard InChI is InChI=1S/C55H49N/c1-53(2)50-15-8-6-14-48(50)49-30-29-46(33-51(49)53)56(52-16-9-7-13-47(52)43-11-4-3-5-12-43)45-27-23-42(24-28-45)40-19-17-39(18-20-40)41-21-25-44(26-22-41)55-32-10-31-54(37-55)34-38(35-54)36-55/h3-9,11-30,33,38H,10,31-32,34-37H2,1-2H3. The molecule has 5 aliphatic rings. The number of rotatable bonds is 7. The number of nitrogens with zero attached hydrogens (tertiary/aromatic N) is 1. The Morgan fingerprint density at radius 2 is 1.04 bits per heavy atom. The van der Waals surface area contributed by atoms with Gasteiger partial charge >= 0.3 is 0 Å². The molecule has 0 radical (unpaired) electrons. The third-order valence-electron chi connectivity index (χ3n) is 14.4. The van der Waals surface area contributed by atoms with Crippen LogP contribution in [0.2, 0.25) is 0 Å². The Balaban J connectivity index is 0.914. The van der Waals surface area contributed by atoms with Crippen molar-refractivity contribution in [2.45, 2.75) is 69.6 Å². The van der Waals surface area contributed by atoms with Crippen LogP contribution in [-0.4, -0.2) is 0 Å². The van der Waals surface area contributed by atoms with Crippen LogP contribution in [0, 0.1) is 11.3 Å². The zero-order valence-corrected chi connectivity index (χ0v) is 32.6. The minimum Gasteiger partial charge on any atom is -0.310 e. The zero-order valence-electron chi connectivity index (χ0n) is 32.6. The monoisotopic (exact) mass is 723 g/mol. The maximum atomic E-state index is 2.47. The quantitative estimate of drug-likeness (QED) is 0.158. The Labute approximate surface area is 332 Å². The molecule has 1 heteroatoms. The van der Waals surface area contributed by atoms with E-state index in [-0.39, 0.29) is 5.41 Å². The molecule has 4 saturated carbocycles. The van der Waals surface area contributed by atoms with Crippen molar-refractivity contribution < 1.29 is 0 Å². The Bertz CT molecular complexity index is 2570. The SMILES string of the molecule is CC1(C)c2ccccc2-c2ccc(N(c3ccc(-c4ccc(-c5ccc(C67CCCC8(CC(C8)C6)C7)cc5)cc4)cc3)c3ccccc3-c3ccccc3)cc21. The van der Waals surface area contributed by atoms with Gasteiger partial charge in [0.05, 0.1) is 5.69 Å². The molecule has 1 spiro atoms. The van der Waals surface area contributed by atoms with E-state index in [2.05, 4.69) is 189 Å². The molecule has 0 heterocycles. The molecule has 0 N–H and O–H groups in total. The van der Waals surface area contributed by atoms with E-state index in [9.17, 15) is 0 Å². The summed E-state index contributed by atoms with van der Waals surface area (Å²) in [6, 6.07) is 63.6. The highest BCUT2D eigenvalue weighted by Gasteiger charge is 2.58. The molecule has 7 aromatic rings. The lowest BCUT2D eigenvalue weighted by Crippen LogP contribution is -2.54. The van der Waals surface area contributed by atoms with E-state index < -0.39 is 0 Å². The van der Waals surface area contributed by atoms with Gasteiger partial charge in [0.2, 0.25) is 0 Å². The number of anilines is 3. The molecule has 0 saturated heterocycles. The van der Waals surface area contributed by atoms with E-state index in [1.807, 2.05) is 0 Å². The minimum absolute atomic E-state index is 0.0845. The van der Waals surface area contributed by atoms with Crippen molar-refractivity contribution in [3.05, 3.63) is 187 Å². The number of hydrogen-bond acceptors (Lipinski definition) is 1. The van der Waals surface area contributed by atoms with Crippen molar-refractivity contribution in [3.8, 4) is 44.5 Å². The van der Waals surface area contributed by atoms with Gasteiger partial charge in [0.25, 0.3) is 0 Å². The van der Waals surface area contributed by atoms with Crippen LogP contribution in [-0.2, 0) is 10.8 Å². The smallest absolute Gasteiger partial charge is 0.0540 e. The van der Waals surface area contributed by atoms with Gasteiger partial charge < -0.3 is 4.90 Å². The molecule has 7 aromatic carbocycles. The van der Waals surface area contributed by atoms with Crippen LogP contribution in [0.25, 0.3) is 44.5 Å². The number of fused-ring (bicyclic) bond motifs is 3. The van der Waals surface area contributed by atoms with Crippen molar-refractivity contribution in [1.82, 2.24) is 0 Å². The highest BCUT2D eigenvalue weighted by Crippen LogP contribution is 2.68.